The zero-order valence-corrected chi connectivity index (χ0v) is 15.3. The average Bonchev–Trinajstić information content (AvgIpc) is 2.58. The van der Waals surface area contributed by atoms with Crippen molar-refractivity contribution in [2.45, 2.75) is 45.5 Å². The number of ether oxygens (including phenoxy) is 1. The summed E-state index contributed by atoms with van der Waals surface area (Å²) in [6, 6.07) is 3.07. The van der Waals surface area contributed by atoms with Gasteiger partial charge in [-0.25, -0.2) is 9.18 Å². The van der Waals surface area contributed by atoms with Crippen molar-refractivity contribution in [2.24, 2.45) is 5.92 Å². The van der Waals surface area contributed by atoms with E-state index in [1.165, 1.54) is 32.1 Å². The largest absolute Gasteiger partial charge is 0.507 e. The highest BCUT2D eigenvalue weighted by atomic mass is 19.1. The molecule has 1 aromatic carbocycles. The van der Waals surface area contributed by atoms with Crippen LogP contribution in [0, 0.1) is 12.8 Å². The van der Waals surface area contributed by atoms with Gasteiger partial charge in [-0.15, -0.1) is 0 Å². The van der Waals surface area contributed by atoms with E-state index in [2.05, 4.69) is 0 Å². The first kappa shape index (κ1) is 20.8. The predicted molar refractivity (Wildman–Crippen MR) is 96.7 cm³/mol. The van der Waals surface area contributed by atoms with Gasteiger partial charge in [0.05, 0.1) is 6.10 Å². The molecule has 2 rings (SSSR count). The van der Waals surface area contributed by atoms with Gasteiger partial charge in [-0.2, -0.15) is 0 Å². The Hall–Kier alpha value is -2.51. The van der Waals surface area contributed by atoms with Crippen LogP contribution >= 0.6 is 0 Å². The molecule has 3 N–H and O–H groups in total. The number of fused-ring (bicyclic) bond motifs is 1. The number of phenolic OH excluding ortho intramolecular Hbond substituents is 1. The van der Waals surface area contributed by atoms with Crippen LogP contribution in [0.1, 0.15) is 41.8 Å². The molecule has 1 aliphatic rings. The minimum absolute atomic E-state index is 0.0523. The zero-order chi connectivity index (χ0) is 20.3. The number of aliphatic hydroxyl groups is 2. The SMILES string of the molecule is Cc1cc(O)c2c(c1)/C=C/C[C@H](O)[C@H](O)C(=O)/C(F)=C\[C@H](C)[C@H](C)OC2=O. The summed E-state index contributed by atoms with van der Waals surface area (Å²) in [5.74, 6) is -4.17. The lowest BCUT2D eigenvalue weighted by atomic mass is 9.98. The number of aliphatic hydroxyl groups excluding tert-OH is 2. The van der Waals surface area contributed by atoms with Crippen LogP contribution in [0.2, 0.25) is 0 Å². The van der Waals surface area contributed by atoms with Crippen LogP contribution in [0.5, 0.6) is 5.75 Å². The van der Waals surface area contributed by atoms with Gasteiger partial charge in [-0.3, -0.25) is 4.79 Å². The molecule has 1 heterocycles. The van der Waals surface area contributed by atoms with E-state index < -0.39 is 41.8 Å². The van der Waals surface area contributed by atoms with Crippen LogP contribution < -0.4 is 0 Å². The van der Waals surface area contributed by atoms with E-state index in [0.29, 0.717) is 11.1 Å². The summed E-state index contributed by atoms with van der Waals surface area (Å²) in [6.07, 6.45) is -0.565. The molecule has 0 unspecified atom stereocenters. The van der Waals surface area contributed by atoms with Crippen molar-refractivity contribution in [1.82, 2.24) is 0 Å². The second kappa shape index (κ2) is 8.45. The number of phenols is 1. The maximum absolute atomic E-state index is 14.1. The number of Topliss-reactive ketones (excluding diaryl/α,β-unsaturated/α-hetero) is 1. The number of hydrogen-bond acceptors (Lipinski definition) is 6. The number of halogens is 1. The monoisotopic (exact) mass is 378 g/mol. The smallest absolute Gasteiger partial charge is 0.342 e. The van der Waals surface area contributed by atoms with E-state index >= 15 is 0 Å². The fraction of sp³-hybridized carbons (Fsp3) is 0.400. The number of hydrogen-bond donors (Lipinski definition) is 3. The summed E-state index contributed by atoms with van der Waals surface area (Å²) >= 11 is 0. The van der Waals surface area contributed by atoms with E-state index in [-0.39, 0.29) is 17.7 Å². The van der Waals surface area contributed by atoms with E-state index in [0.717, 1.165) is 6.08 Å². The number of aryl methyl sites for hydroxylation is 1. The first-order valence-corrected chi connectivity index (χ1v) is 8.60. The van der Waals surface area contributed by atoms with Gasteiger partial charge in [0.25, 0.3) is 0 Å². The normalized spacial score (nSPS) is 30.5. The number of aromatic hydroxyl groups is 1. The van der Waals surface area contributed by atoms with E-state index in [1.807, 2.05) is 0 Å². The van der Waals surface area contributed by atoms with Crippen LogP contribution in [0.25, 0.3) is 6.08 Å². The lowest BCUT2D eigenvalue weighted by Crippen LogP contribution is -2.34. The Bertz CT molecular complexity index is 798. The van der Waals surface area contributed by atoms with E-state index in [4.69, 9.17) is 4.74 Å². The van der Waals surface area contributed by atoms with Gasteiger partial charge < -0.3 is 20.1 Å². The third kappa shape index (κ3) is 4.81. The number of ketones is 1. The van der Waals surface area contributed by atoms with Crippen molar-refractivity contribution in [1.29, 1.82) is 0 Å². The molecule has 1 aliphatic heterocycles. The molecule has 0 aliphatic carbocycles. The molecule has 0 bridgehead atoms. The zero-order valence-electron chi connectivity index (χ0n) is 15.3. The molecule has 7 heteroatoms. The number of carbonyl (C=O) groups excluding carboxylic acids is 2. The molecule has 0 saturated heterocycles. The van der Waals surface area contributed by atoms with Crippen LogP contribution in [0.15, 0.2) is 30.1 Å². The minimum atomic E-state index is -1.91. The molecule has 4 atom stereocenters. The Balaban J connectivity index is 2.52. The highest BCUT2D eigenvalue weighted by molar-refractivity contribution is 5.98. The molecule has 0 saturated carbocycles. The molecule has 0 spiro atoms. The molecule has 0 aromatic heterocycles. The molecule has 0 fully saturated rings. The molecule has 6 nitrogen and oxygen atoms in total. The van der Waals surface area contributed by atoms with Gasteiger partial charge in [0.1, 0.15) is 23.5 Å². The summed E-state index contributed by atoms with van der Waals surface area (Å²) in [5, 5.41) is 30.0. The Morgan fingerprint density at radius 1 is 1.19 bits per heavy atom. The van der Waals surface area contributed by atoms with Crippen LogP contribution in [-0.4, -0.2) is 45.4 Å². The highest BCUT2D eigenvalue weighted by Crippen LogP contribution is 2.27. The second-order valence-corrected chi connectivity index (χ2v) is 6.75. The Kier molecular flexibility index (Phi) is 6.51. The van der Waals surface area contributed by atoms with Crippen LogP contribution in [0.4, 0.5) is 4.39 Å². The Labute approximate surface area is 156 Å². The Morgan fingerprint density at radius 2 is 1.85 bits per heavy atom. The van der Waals surface area contributed by atoms with Gasteiger partial charge >= 0.3 is 5.97 Å². The fourth-order valence-corrected chi connectivity index (χ4v) is 2.71. The van der Waals surface area contributed by atoms with Gasteiger partial charge in [-0.05, 0) is 43.5 Å². The molecule has 1 aromatic rings. The Morgan fingerprint density at radius 3 is 2.52 bits per heavy atom. The topological polar surface area (TPSA) is 104 Å². The molecule has 0 radical (unpaired) electrons. The fourth-order valence-electron chi connectivity index (χ4n) is 2.71. The maximum Gasteiger partial charge on any atom is 0.342 e. The lowest BCUT2D eigenvalue weighted by Gasteiger charge is -2.20. The van der Waals surface area contributed by atoms with E-state index in [9.17, 15) is 29.3 Å². The number of esters is 1. The number of rotatable bonds is 0. The third-order valence-electron chi connectivity index (χ3n) is 4.48. The standard InChI is InChI=1S/C20H23FO6/c1-10-7-13-5-4-6-15(22)19(25)18(24)14(21)9-11(2)12(3)27-20(26)17(13)16(23)8-10/h4-5,7-9,11-12,15,19,22-23,25H,6H2,1-3H3/b5-4+,14-9+/t11-,12-,15-,19-/m0/s1. The summed E-state index contributed by atoms with van der Waals surface area (Å²) in [4.78, 5) is 24.5. The average molecular weight is 378 g/mol. The maximum atomic E-state index is 14.1. The van der Waals surface area contributed by atoms with Gasteiger partial charge in [0.15, 0.2) is 5.83 Å². The number of cyclic esters (lactones) is 1. The van der Waals surface area contributed by atoms with Crippen molar-refractivity contribution in [2.75, 3.05) is 0 Å². The predicted octanol–water partition coefficient (Wildman–Crippen LogP) is 2.44. The van der Waals surface area contributed by atoms with Crippen LogP contribution in [0.3, 0.4) is 0 Å². The molecule has 27 heavy (non-hydrogen) atoms. The summed E-state index contributed by atoms with van der Waals surface area (Å²) < 4.78 is 19.4. The summed E-state index contributed by atoms with van der Waals surface area (Å²) in [7, 11) is 0. The first-order chi connectivity index (χ1) is 12.6. The van der Waals surface area contributed by atoms with Gasteiger partial charge in [0, 0.05) is 5.92 Å². The highest BCUT2D eigenvalue weighted by Gasteiger charge is 2.29. The molecular weight excluding hydrogens is 355 g/mol. The van der Waals surface area contributed by atoms with Crippen molar-refractivity contribution < 1.29 is 34.0 Å². The molecular formula is C20H23FO6. The second-order valence-electron chi connectivity index (χ2n) is 6.75. The van der Waals surface area contributed by atoms with Crippen molar-refractivity contribution in [3.8, 4) is 5.75 Å². The van der Waals surface area contributed by atoms with E-state index in [1.54, 1.807) is 13.0 Å². The number of benzene rings is 1. The van der Waals surface area contributed by atoms with Crippen molar-refractivity contribution in [3.05, 3.63) is 46.8 Å². The molecule has 146 valence electrons. The van der Waals surface area contributed by atoms with Gasteiger partial charge in [0.2, 0.25) is 5.78 Å². The third-order valence-corrected chi connectivity index (χ3v) is 4.48. The van der Waals surface area contributed by atoms with Crippen LogP contribution in [-0.2, 0) is 9.53 Å². The first-order valence-electron chi connectivity index (χ1n) is 8.60. The quantitative estimate of drug-likeness (QED) is 0.599. The van der Waals surface area contributed by atoms with Gasteiger partial charge in [-0.1, -0.05) is 25.1 Å². The summed E-state index contributed by atoms with van der Waals surface area (Å²) in [5.41, 5.74) is 1.01. The number of carbonyl (C=O) groups is 2. The summed E-state index contributed by atoms with van der Waals surface area (Å²) in [6.45, 7) is 4.80. The molecule has 0 amide bonds. The lowest BCUT2D eigenvalue weighted by molar-refractivity contribution is -0.130. The van der Waals surface area contributed by atoms with Crippen molar-refractivity contribution in [3.63, 3.8) is 0 Å². The van der Waals surface area contributed by atoms with Crippen molar-refractivity contribution >= 4 is 17.8 Å². The minimum Gasteiger partial charge on any atom is -0.507 e.